The van der Waals surface area contributed by atoms with Crippen molar-refractivity contribution in [3.05, 3.63) is 11.6 Å². The second-order valence-corrected chi connectivity index (χ2v) is 4.85. The molecule has 0 radical (unpaired) electrons. The third kappa shape index (κ3) is 5.00. The summed E-state index contributed by atoms with van der Waals surface area (Å²) in [6.45, 7) is 3.00. The lowest BCUT2D eigenvalue weighted by atomic mass is 9.89. The van der Waals surface area contributed by atoms with E-state index in [0.717, 1.165) is 12.8 Å². The fourth-order valence-electron chi connectivity index (χ4n) is 2.05. The Kier molecular flexibility index (Phi) is 6.44. The summed E-state index contributed by atoms with van der Waals surface area (Å²) in [6.07, 6.45) is 6.94. The molecule has 1 atom stereocenters. The number of allylic oxidation sites excluding steroid dienone is 1. The quantitative estimate of drug-likeness (QED) is 0.521. The summed E-state index contributed by atoms with van der Waals surface area (Å²) in [7, 11) is 0. The zero-order valence-electron chi connectivity index (χ0n) is 10.4. The van der Waals surface area contributed by atoms with Crippen LogP contribution in [0.1, 0.15) is 32.6 Å². The molecule has 0 aromatic rings. The molecule has 5 heteroatoms. The molecule has 1 rings (SSSR count). The highest BCUT2D eigenvalue weighted by atomic mass is 32.1. The molecule has 1 aliphatic carbocycles. The van der Waals surface area contributed by atoms with Crippen LogP contribution in [0, 0.1) is 5.92 Å². The molecule has 98 valence electrons. The largest absolute Gasteiger partial charge is 0.394 e. The molecule has 1 unspecified atom stereocenters. The fourth-order valence-corrected chi connectivity index (χ4v) is 2.21. The van der Waals surface area contributed by atoms with Crippen LogP contribution in [0.15, 0.2) is 11.6 Å². The molecule has 0 heterocycles. The first-order chi connectivity index (χ1) is 8.17. The van der Waals surface area contributed by atoms with Crippen molar-refractivity contribution in [2.75, 3.05) is 19.7 Å². The Morgan fingerprint density at radius 3 is 3.12 bits per heavy atom. The zero-order chi connectivity index (χ0) is 12.7. The van der Waals surface area contributed by atoms with Crippen molar-refractivity contribution in [3.8, 4) is 0 Å². The number of nitrogens with one attached hydrogen (secondary N) is 1. The van der Waals surface area contributed by atoms with Gasteiger partial charge in [0.1, 0.15) is 0 Å². The van der Waals surface area contributed by atoms with E-state index in [0.29, 0.717) is 12.5 Å². The maximum Gasteiger partial charge on any atom is 0.327 e. The summed E-state index contributed by atoms with van der Waals surface area (Å²) in [5.41, 5.74) is 1.49. The van der Waals surface area contributed by atoms with Crippen LogP contribution in [0.3, 0.4) is 0 Å². The van der Waals surface area contributed by atoms with Crippen molar-refractivity contribution in [1.29, 1.82) is 0 Å². The lowest BCUT2D eigenvalue weighted by Gasteiger charge is -2.22. The molecule has 0 spiro atoms. The van der Waals surface area contributed by atoms with Gasteiger partial charge in [-0.1, -0.05) is 31.4 Å². The van der Waals surface area contributed by atoms with E-state index >= 15 is 0 Å². The number of hydrogen-bond acceptors (Lipinski definition) is 3. The highest BCUT2D eigenvalue weighted by molar-refractivity contribution is 7.78. The van der Waals surface area contributed by atoms with E-state index in [1.165, 1.54) is 22.7 Å². The average molecular weight is 258 g/mol. The first kappa shape index (κ1) is 14.4. The number of rotatable bonds is 5. The molecule has 0 aliphatic heterocycles. The topological polar surface area (TPSA) is 52.6 Å². The third-order valence-corrected chi connectivity index (χ3v) is 3.44. The first-order valence-electron chi connectivity index (χ1n) is 6.22. The predicted octanol–water partition coefficient (Wildman–Crippen LogP) is 1.97. The van der Waals surface area contributed by atoms with Crippen LogP contribution in [-0.4, -0.2) is 35.1 Å². The Morgan fingerprint density at radius 2 is 2.47 bits per heavy atom. The standard InChI is InChI=1S/C12H22N2O2S/c1-2-10-4-3-5-11(8-10)9-13-12(16)14(17)6-7-15/h8,11,15,17H,2-7,9H2,1H3,(H,13,16). The van der Waals surface area contributed by atoms with Gasteiger partial charge >= 0.3 is 6.03 Å². The number of urea groups is 1. The van der Waals surface area contributed by atoms with E-state index in [9.17, 15) is 4.79 Å². The molecule has 17 heavy (non-hydrogen) atoms. The van der Waals surface area contributed by atoms with Crippen LogP contribution in [0.5, 0.6) is 0 Å². The Balaban J connectivity index is 2.32. The Hall–Kier alpha value is -0.680. The Morgan fingerprint density at radius 1 is 1.71 bits per heavy atom. The van der Waals surface area contributed by atoms with Crippen LogP contribution in [0.4, 0.5) is 4.79 Å². The molecular weight excluding hydrogens is 236 g/mol. The van der Waals surface area contributed by atoms with E-state index in [4.69, 9.17) is 5.11 Å². The molecule has 0 saturated heterocycles. The number of carbonyl (C=O) groups excluding carboxylic acids is 1. The number of aliphatic hydroxyl groups excluding tert-OH is 1. The highest BCUT2D eigenvalue weighted by Gasteiger charge is 2.15. The molecule has 1 aliphatic rings. The molecule has 2 amide bonds. The van der Waals surface area contributed by atoms with Gasteiger partial charge in [0.05, 0.1) is 13.2 Å². The second-order valence-electron chi connectivity index (χ2n) is 4.36. The van der Waals surface area contributed by atoms with Crippen LogP contribution in [0.2, 0.25) is 0 Å². The van der Waals surface area contributed by atoms with Gasteiger partial charge < -0.3 is 10.4 Å². The molecule has 0 fully saturated rings. The lowest BCUT2D eigenvalue weighted by Crippen LogP contribution is -2.38. The summed E-state index contributed by atoms with van der Waals surface area (Å²) < 4.78 is 1.20. The van der Waals surface area contributed by atoms with Crippen molar-refractivity contribution in [3.63, 3.8) is 0 Å². The molecular formula is C12H22N2O2S. The van der Waals surface area contributed by atoms with Gasteiger partial charge in [0.25, 0.3) is 0 Å². The average Bonchev–Trinajstić information content (AvgIpc) is 2.36. The van der Waals surface area contributed by atoms with Gasteiger partial charge in [-0.3, -0.25) is 4.31 Å². The molecule has 0 aromatic heterocycles. The first-order valence-corrected chi connectivity index (χ1v) is 6.62. The minimum Gasteiger partial charge on any atom is -0.394 e. The number of nitrogens with zero attached hydrogens (tertiary/aromatic N) is 1. The SMILES string of the molecule is CCC1=CC(CNC(=O)N(S)CCO)CCC1. The van der Waals surface area contributed by atoms with E-state index < -0.39 is 0 Å². The van der Waals surface area contributed by atoms with Gasteiger partial charge in [0, 0.05) is 6.54 Å². The highest BCUT2D eigenvalue weighted by Crippen LogP contribution is 2.24. The van der Waals surface area contributed by atoms with Gasteiger partial charge in [-0.25, -0.2) is 4.79 Å². The molecule has 2 N–H and O–H groups in total. The Labute approximate surface area is 109 Å². The van der Waals surface area contributed by atoms with E-state index in [1.54, 1.807) is 0 Å². The van der Waals surface area contributed by atoms with Crippen molar-refractivity contribution >= 4 is 18.8 Å². The number of thiol groups is 1. The summed E-state index contributed by atoms with van der Waals surface area (Å²) in [5.74, 6) is 0.443. The lowest BCUT2D eigenvalue weighted by molar-refractivity contribution is 0.212. The Bertz CT molecular complexity index is 282. The van der Waals surface area contributed by atoms with E-state index in [-0.39, 0.29) is 19.2 Å². The fraction of sp³-hybridized carbons (Fsp3) is 0.750. The predicted molar refractivity (Wildman–Crippen MR) is 71.9 cm³/mol. The molecule has 0 bridgehead atoms. The van der Waals surface area contributed by atoms with Gasteiger partial charge in [-0.05, 0) is 31.6 Å². The number of aliphatic hydroxyl groups is 1. The second kappa shape index (κ2) is 7.61. The van der Waals surface area contributed by atoms with Gasteiger partial charge in [0.2, 0.25) is 0 Å². The summed E-state index contributed by atoms with van der Waals surface area (Å²) >= 11 is 3.98. The summed E-state index contributed by atoms with van der Waals surface area (Å²) in [6, 6.07) is -0.237. The maximum atomic E-state index is 11.5. The number of amides is 2. The summed E-state index contributed by atoms with van der Waals surface area (Å²) in [5, 5.41) is 11.5. The minimum atomic E-state index is -0.237. The normalized spacial score (nSPS) is 19.7. The zero-order valence-corrected chi connectivity index (χ0v) is 11.2. The van der Waals surface area contributed by atoms with Gasteiger partial charge in [-0.15, -0.1) is 0 Å². The van der Waals surface area contributed by atoms with E-state index in [1.807, 2.05) is 0 Å². The monoisotopic (exact) mass is 258 g/mol. The number of carbonyl (C=O) groups is 1. The van der Waals surface area contributed by atoms with Crippen molar-refractivity contribution in [1.82, 2.24) is 9.62 Å². The minimum absolute atomic E-state index is 0.0692. The summed E-state index contributed by atoms with van der Waals surface area (Å²) in [4.78, 5) is 11.5. The van der Waals surface area contributed by atoms with Crippen molar-refractivity contribution < 1.29 is 9.90 Å². The van der Waals surface area contributed by atoms with E-state index in [2.05, 4.69) is 31.1 Å². The van der Waals surface area contributed by atoms with Crippen LogP contribution < -0.4 is 5.32 Å². The molecule has 0 aromatic carbocycles. The van der Waals surface area contributed by atoms with Crippen molar-refractivity contribution in [2.45, 2.75) is 32.6 Å². The number of hydrogen-bond donors (Lipinski definition) is 3. The van der Waals surface area contributed by atoms with Gasteiger partial charge in [-0.2, -0.15) is 0 Å². The van der Waals surface area contributed by atoms with Gasteiger partial charge in [0.15, 0.2) is 0 Å². The van der Waals surface area contributed by atoms with Crippen LogP contribution in [-0.2, 0) is 0 Å². The molecule has 0 saturated carbocycles. The maximum absolute atomic E-state index is 11.5. The molecule has 4 nitrogen and oxygen atoms in total. The van der Waals surface area contributed by atoms with Crippen molar-refractivity contribution in [2.24, 2.45) is 5.92 Å². The third-order valence-electron chi connectivity index (χ3n) is 3.06. The van der Waals surface area contributed by atoms with Crippen LogP contribution in [0.25, 0.3) is 0 Å². The smallest absolute Gasteiger partial charge is 0.327 e. The van der Waals surface area contributed by atoms with Crippen LogP contribution >= 0.6 is 12.8 Å².